The van der Waals surface area contributed by atoms with Crippen LogP contribution in [0, 0.1) is 24.2 Å². The number of aryl methyl sites for hydroxylation is 1. The van der Waals surface area contributed by atoms with Gasteiger partial charge in [-0.05, 0) is 87.4 Å². The van der Waals surface area contributed by atoms with Crippen molar-refractivity contribution < 1.29 is 9.59 Å². The zero-order valence-corrected chi connectivity index (χ0v) is 22.1. The summed E-state index contributed by atoms with van der Waals surface area (Å²) in [6, 6.07) is 10.3. The summed E-state index contributed by atoms with van der Waals surface area (Å²) in [5.74, 6) is 2.14. The second-order valence-electron chi connectivity index (χ2n) is 9.83. The second-order valence-corrected chi connectivity index (χ2v) is 11.3. The molecular weight excluding hydrogens is 496 g/mol. The van der Waals surface area contributed by atoms with E-state index >= 15 is 0 Å². The normalized spacial score (nSPS) is 13.6. The smallest absolute Gasteiger partial charge is 0.274 e. The standard InChI is InChI=1S/C26H27ClN6O2S/c1-15-8-16(12-28)10-19(24(34)31-26(2,3)4)22(15)30-25(35)21-11-18(9-17-13-36-14-17)32-33(21)23-20(27)6-5-7-29-23/h5-8,10-11,17H,9,13-14H2,1-4H3,(H,30,35)(H,31,34). The molecule has 3 aromatic rings. The Morgan fingerprint density at radius 2 is 2.00 bits per heavy atom. The van der Waals surface area contributed by atoms with Crippen LogP contribution in [0.15, 0.2) is 36.5 Å². The number of nitrogens with one attached hydrogen (secondary N) is 2. The van der Waals surface area contributed by atoms with E-state index in [-0.39, 0.29) is 17.2 Å². The average Bonchev–Trinajstić information content (AvgIpc) is 3.20. The molecule has 8 nitrogen and oxygen atoms in total. The van der Waals surface area contributed by atoms with Crippen molar-refractivity contribution >= 4 is 40.9 Å². The van der Waals surface area contributed by atoms with Gasteiger partial charge in [0.2, 0.25) is 0 Å². The Labute approximate surface area is 219 Å². The number of halogens is 1. The molecule has 10 heteroatoms. The fraction of sp³-hybridized carbons (Fsp3) is 0.346. The lowest BCUT2D eigenvalue weighted by Gasteiger charge is -2.23. The molecule has 186 valence electrons. The molecule has 0 atom stereocenters. The van der Waals surface area contributed by atoms with Gasteiger partial charge in [0.05, 0.1) is 33.6 Å². The van der Waals surface area contributed by atoms with Crippen LogP contribution in [0.3, 0.4) is 0 Å². The molecule has 1 fully saturated rings. The van der Waals surface area contributed by atoms with Crippen LogP contribution in [0.4, 0.5) is 5.69 Å². The number of amides is 2. The predicted octanol–water partition coefficient (Wildman–Crippen LogP) is 4.79. The SMILES string of the molecule is Cc1cc(C#N)cc(C(=O)NC(C)(C)C)c1NC(=O)c1cc(CC2CSC2)nn1-c1ncccc1Cl. The lowest BCUT2D eigenvalue weighted by molar-refractivity contribution is 0.0920. The average molecular weight is 523 g/mol. The molecule has 0 bridgehead atoms. The summed E-state index contributed by atoms with van der Waals surface area (Å²) in [5, 5.41) is 20.3. The summed E-state index contributed by atoms with van der Waals surface area (Å²) < 4.78 is 1.45. The monoisotopic (exact) mass is 522 g/mol. The number of aromatic nitrogens is 3. The molecule has 0 aliphatic carbocycles. The van der Waals surface area contributed by atoms with Crippen LogP contribution in [0.1, 0.15) is 58.4 Å². The van der Waals surface area contributed by atoms with Gasteiger partial charge in [-0.2, -0.15) is 22.1 Å². The fourth-order valence-corrected chi connectivity index (χ4v) is 4.87. The van der Waals surface area contributed by atoms with Crippen LogP contribution in [-0.4, -0.2) is 43.6 Å². The van der Waals surface area contributed by atoms with E-state index in [1.165, 1.54) is 10.7 Å². The number of carbonyl (C=O) groups excluding carboxylic acids is 2. The molecule has 1 saturated heterocycles. The first-order valence-electron chi connectivity index (χ1n) is 11.5. The molecule has 2 aromatic heterocycles. The van der Waals surface area contributed by atoms with Crippen LogP contribution >= 0.6 is 23.4 Å². The molecule has 0 saturated carbocycles. The first kappa shape index (κ1) is 25.7. The molecule has 36 heavy (non-hydrogen) atoms. The van der Waals surface area contributed by atoms with E-state index in [1.807, 2.05) is 32.5 Å². The summed E-state index contributed by atoms with van der Waals surface area (Å²) in [7, 11) is 0. The summed E-state index contributed by atoms with van der Waals surface area (Å²) in [5.41, 5.74) is 1.99. The Balaban J connectivity index is 1.74. The van der Waals surface area contributed by atoms with Gasteiger partial charge in [-0.25, -0.2) is 9.67 Å². The van der Waals surface area contributed by atoms with Gasteiger partial charge in [0, 0.05) is 11.7 Å². The van der Waals surface area contributed by atoms with Crippen LogP contribution in [-0.2, 0) is 6.42 Å². The third kappa shape index (κ3) is 5.72. The topological polar surface area (TPSA) is 113 Å². The Morgan fingerprint density at radius 3 is 2.61 bits per heavy atom. The zero-order chi connectivity index (χ0) is 26.0. The Bertz CT molecular complexity index is 1370. The number of benzene rings is 1. The highest BCUT2D eigenvalue weighted by Gasteiger charge is 2.26. The van der Waals surface area contributed by atoms with Crippen molar-refractivity contribution in [3.63, 3.8) is 0 Å². The number of rotatable bonds is 6. The maximum absolute atomic E-state index is 13.6. The van der Waals surface area contributed by atoms with Crippen molar-refractivity contribution in [1.82, 2.24) is 20.1 Å². The summed E-state index contributed by atoms with van der Waals surface area (Å²) >= 11 is 8.28. The quantitative estimate of drug-likeness (QED) is 0.481. The maximum atomic E-state index is 13.6. The maximum Gasteiger partial charge on any atom is 0.274 e. The van der Waals surface area contributed by atoms with Crippen LogP contribution in [0.2, 0.25) is 5.02 Å². The number of nitriles is 1. The van der Waals surface area contributed by atoms with Crippen molar-refractivity contribution in [2.24, 2.45) is 5.92 Å². The Kier molecular flexibility index (Phi) is 7.38. The van der Waals surface area contributed by atoms with E-state index in [0.717, 1.165) is 23.6 Å². The van der Waals surface area contributed by atoms with Crippen molar-refractivity contribution in [2.75, 3.05) is 16.8 Å². The number of thioether (sulfide) groups is 1. The fourth-order valence-electron chi connectivity index (χ4n) is 3.87. The summed E-state index contributed by atoms with van der Waals surface area (Å²) in [4.78, 5) is 31.1. The molecule has 0 spiro atoms. The minimum atomic E-state index is -0.502. The van der Waals surface area contributed by atoms with Crippen LogP contribution in [0.5, 0.6) is 0 Å². The minimum absolute atomic E-state index is 0.212. The highest BCUT2D eigenvalue weighted by atomic mass is 35.5. The number of pyridine rings is 1. The van der Waals surface area contributed by atoms with E-state index in [1.54, 1.807) is 37.4 Å². The predicted molar refractivity (Wildman–Crippen MR) is 142 cm³/mol. The zero-order valence-electron chi connectivity index (χ0n) is 20.6. The minimum Gasteiger partial charge on any atom is -0.347 e. The molecule has 0 radical (unpaired) electrons. The van der Waals surface area contributed by atoms with Crippen molar-refractivity contribution in [3.05, 3.63) is 69.6 Å². The molecule has 1 aliphatic heterocycles. The third-order valence-corrected chi connectivity index (χ3v) is 7.28. The summed E-state index contributed by atoms with van der Waals surface area (Å²) in [6.07, 6.45) is 2.34. The molecule has 1 aromatic carbocycles. The van der Waals surface area contributed by atoms with Gasteiger partial charge < -0.3 is 10.6 Å². The van der Waals surface area contributed by atoms with E-state index in [2.05, 4.69) is 26.8 Å². The van der Waals surface area contributed by atoms with Crippen molar-refractivity contribution in [2.45, 2.75) is 39.7 Å². The van der Waals surface area contributed by atoms with E-state index in [0.29, 0.717) is 33.6 Å². The van der Waals surface area contributed by atoms with Crippen LogP contribution in [0.25, 0.3) is 5.82 Å². The molecule has 3 heterocycles. The van der Waals surface area contributed by atoms with Crippen LogP contribution < -0.4 is 10.6 Å². The number of hydrogen-bond acceptors (Lipinski definition) is 6. The van der Waals surface area contributed by atoms with Crippen molar-refractivity contribution in [3.8, 4) is 11.9 Å². The lowest BCUT2D eigenvalue weighted by Crippen LogP contribution is -2.41. The number of nitrogens with zero attached hydrogens (tertiary/aromatic N) is 4. The van der Waals surface area contributed by atoms with E-state index in [9.17, 15) is 14.9 Å². The van der Waals surface area contributed by atoms with Gasteiger partial charge in [-0.1, -0.05) is 11.6 Å². The van der Waals surface area contributed by atoms with Gasteiger partial charge in [0.15, 0.2) is 5.82 Å². The Morgan fingerprint density at radius 1 is 1.25 bits per heavy atom. The van der Waals surface area contributed by atoms with E-state index in [4.69, 9.17) is 11.6 Å². The third-order valence-electron chi connectivity index (χ3n) is 5.57. The summed E-state index contributed by atoms with van der Waals surface area (Å²) in [6.45, 7) is 7.33. The first-order chi connectivity index (χ1) is 17.1. The molecule has 4 rings (SSSR count). The van der Waals surface area contributed by atoms with Gasteiger partial charge in [0.1, 0.15) is 5.69 Å². The molecule has 2 amide bonds. The van der Waals surface area contributed by atoms with Gasteiger partial charge in [-0.3, -0.25) is 9.59 Å². The first-order valence-corrected chi connectivity index (χ1v) is 13.0. The number of carbonyl (C=O) groups is 2. The van der Waals surface area contributed by atoms with Gasteiger partial charge >= 0.3 is 0 Å². The van der Waals surface area contributed by atoms with E-state index < -0.39 is 11.4 Å². The number of hydrogen-bond donors (Lipinski definition) is 2. The van der Waals surface area contributed by atoms with Gasteiger partial charge in [-0.15, -0.1) is 0 Å². The van der Waals surface area contributed by atoms with Gasteiger partial charge in [0.25, 0.3) is 11.8 Å². The molecule has 1 aliphatic rings. The lowest BCUT2D eigenvalue weighted by atomic mass is 10.0. The molecule has 0 unspecified atom stereocenters. The highest BCUT2D eigenvalue weighted by Crippen LogP contribution is 2.29. The largest absolute Gasteiger partial charge is 0.347 e. The molecule has 2 N–H and O–H groups in total. The van der Waals surface area contributed by atoms with Crippen molar-refractivity contribution in [1.29, 1.82) is 5.26 Å². The second kappa shape index (κ2) is 10.3. The molecular formula is C26H27ClN6O2S. The highest BCUT2D eigenvalue weighted by molar-refractivity contribution is 8.00. The number of anilines is 1. The Hall–Kier alpha value is -3.35.